The Morgan fingerprint density at radius 1 is 0.810 bits per heavy atom. The molecule has 1 atom stereocenters. The SMILES string of the molecule is CCCCCCCCCCCCCCCCNS(=O)(=O)c1ccc(Cl)c(NC(=O)C(Cl)C(=O)c2ccc(OC)cc2)c1. The third-order valence-electron chi connectivity index (χ3n) is 7.16. The molecule has 0 aliphatic heterocycles. The maximum atomic E-state index is 12.8. The van der Waals surface area contributed by atoms with Crippen LogP contribution in [0, 0.1) is 0 Å². The normalized spacial score (nSPS) is 12.2. The highest BCUT2D eigenvalue weighted by molar-refractivity contribution is 7.89. The molecule has 42 heavy (non-hydrogen) atoms. The number of hydrogen-bond donors (Lipinski definition) is 2. The van der Waals surface area contributed by atoms with Crippen molar-refractivity contribution in [1.29, 1.82) is 0 Å². The lowest BCUT2D eigenvalue weighted by Crippen LogP contribution is -2.31. The van der Waals surface area contributed by atoms with Crippen LogP contribution in [0.3, 0.4) is 0 Å². The van der Waals surface area contributed by atoms with Crippen molar-refractivity contribution >= 4 is 50.6 Å². The van der Waals surface area contributed by atoms with E-state index >= 15 is 0 Å². The van der Waals surface area contributed by atoms with Crippen molar-refractivity contribution in [3.05, 3.63) is 53.1 Å². The van der Waals surface area contributed by atoms with Crippen LogP contribution < -0.4 is 14.8 Å². The number of Topliss-reactive ketones (excluding diaryl/α,β-unsaturated/α-hetero) is 1. The Labute approximate surface area is 262 Å². The van der Waals surface area contributed by atoms with Crippen LogP contribution in [0.5, 0.6) is 5.75 Å². The molecular formula is C32H46Cl2N2O5S. The molecule has 1 unspecified atom stereocenters. The highest BCUT2D eigenvalue weighted by Crippen LogP contribution is 2.26. The predicted molar refractivity (Wildman–Crippen MR) is 173 cm³/mol. The maximum absolute atomic E-state index is 12.8. The Morgan fingerprint density at radius 3 is 1.86 bits per heavy atom. The number of ether oxygens (including phenoxy) is 1. The minimum Gasteiger partial charge on any atom is -0.497 e. The number of rotatable bonds is 22. The second-order valence-electron chi connectivity index (χ2n) is 10.6. The molecular weight excluding hydrogens is 595 g/mol. The van der Waals surface area contributed by atoms with Gasteiger partial charge in [-0.1, -0.05) is 102 Å². The number of sulfonamides is 1. The Kier molecular flexibility index (Phi) is 17.1. The third-order valence-corrected chi connectivity index (χ3v) is 9.35. The minimum atomic E-state index is -3.81. The van der Waals surface area contributed by atoms with Crippen molar-refractivity contribution in [2.75, 3.05) is 19.0 Å². The summed E-state index contributed by atoms with van der Waals surface area (Å²) >= 11 is 12.3. The predicted octanol–water partition coefficient (Wildman–Crippen LogP) is 8.54. The van der Waals surface area contributed by atoms with Gasteiger partial charge < -0.3 is 10.1 Å². The van der Waals surface area contributed by atoms with E-state index in [-0.39, 0.29) is 21.2 Å². The summed E-state index contributed by atoms with van der Waals surface area (Å²) in [6, 6.07) is 10.2. The van der Waals surface area contributed by atoms with Gasteiger partial charge in [-0.3, -0.25) is 9.59 Å². The molecule has 0 heterocycles. The van der Waals surface area contributed by atoms with Gasteiger partial charge >= 0.3 is 0 Å². The monoisotopic (exact) mass is 640 g/mol. The molecule has 0 saturated heterocycles. The van der Waals surface area contributed by atoms with E-state index < -0.39 is 27.1 Å². The standard InChI is InChI=1S/C32H46Cl2N2O5S/c1-3-4-5-6-7-8-9-10-11-12-13-14-15-16-23-35-42(39,40)27-21-22-28(33)29(24-27)36-32(38)30(34)31(37)25-17-19-26(41-2)20-18-25/h17-22,24,30,35H,3-16,23H2,1-2H3,(H,36,38). The first-order chi connectivity index (χ1) is 20.2. The van der Waals surface area contributed by atoms with Crippen LogP contribution >= 0.6 is 23.2 Å². The average molecular weight is 642 g/mol. The topological polar surface area (TPSA) is 102 Å². The van der Waals surface area contributed by atoms with Crippen LogP contribution in [0.2, 0.25) is 5.02 Å². The molecule has 10 heteroatoms. The summed E-state index contributed by atoms with van der Waals surface area (Å²) in [6.07, 6.45) is 17.2. The molecule has 2 aromatic rings. The van der Waals surface area contributed by atoms with Gasteiger partial charge in [0.15, 0.2) is 11.2 Å². The van der Waals surface area contributed by atoms with E-state index in [2.05, 4.69) is 17.0 Å². The Bertz CT molecular complexity index is 1210. The van der Waals surface area contributed by atoms with Crippen LogP contribution in [0.1, 0.15) is 107 Å². The zero-order valence-electron chi connectivity index (χ0n) is 24.9. The number of anilines is 1. The highest BCUT2D eigenvalue weighted by Gasteiger charge is 2.26. The van der Waals surface area contributed by atoms with Crippen LogP contribution in [0.4, 0.5) is 5.69 Å². The van der Waals surface area contributed by atoms with Gasteiger partial charge in [-0.25, -0.2) is 13.1 Å². The number of nitrogens with one attached hydrogen (secondary N) is 2. The number of amides is 1. The fourth-order valence-electron chi connectivity index (χ4n) is 4.59. The number of alkyl halides is 1. The summed E-state index contributed by atoms with van der Waals surface area (Å²) in [5.74, 6) is -0.860. The van der Waals surface area contributed by atoms with E-state index in [4.69, 9.17) is 27.9 Å². The lowest BCUT2D eigenvalue weighted by Gasteiger charge is -2.13. The summed E-state index contributed by atoms with van der Waals surface area (Å²) in [4.78, 5) is 25.3. The van der Waals surface area contributed by atoms with Gasteiger partial charge in [-0.05, 0) is 48.9 Å². The molecule has 7 nitrogen and oxygen atoms in total. The first-order valence-corrected chi connectivity index (χ1v) is 17.4. The maximum Gasteiger partial charge on any atom is 0.250 e. The van der Waals surface area contributed by atoms with Crippen LogP contribution in [0.15, 0.2) is 47.4 Å². The van der Waals surface area contributed by atoms with Gasteiger partial charge in [0.2, 0.25) is 15.9 Å². The number of hydrogen-bond acceptors (Lipinski definition) is 5. The second kappa shape index (κ2) is 19.9. The van der Waals surface area contributed by atoms with Gasteiger partial charge in [0.1, 0.15) is 5.75 Å². The summed E-state index contributed by atoms with van der Waals surface area (Å²) in [6.45, 7) is 2.57. The molecule has 234 valence electrons. The number of carbonyl (C=O) groups is 2. The number of ketones is 1. The molecule has 0 fully saturated rings. The van der Waals surface area contributed by atoms with Crippen LogP contribution in [-0.2, 0) is 14.8 Å². The lowest BCUT2D eigenvalue weighted by atomic mass is 10.0. The zero-order valence-corrected chi connectivity index (χ0v) is 27.3. The number of methoxy groups -OCH3 is 1. The minimum absolute atomic E-state index is 0.0415. The van der Waals surface area contributed by atoms with Crippen molar-refractivity contribution < 1.29 is 22.7 Å². The van der Waals surface area contributed by atoms with Gasteiger partial charge in [0, 0.05) is 12.1 Å². The van der Waals surface area contributed by atoms with Gasteiger partial charge in [0.25, 0.3) is 0 Å². The molecule has 0 saturated carbocycles. The number of carbonyl (C=O) groups excluding carboxylic acids is 2. The molecule has 0 bridgehead atoms. The molecule has 0 spiro atoms. The van der Waals surface area contributed by atoms with Gasteiger partial charge in [0.05, 0.1) is 22.7 Å². The molecule has 0 aromatic heterocycles. The summed E-state index contributed by atoms with van der Waals surface area (Å²) < 4.78 is 33.4. The summed E-state index contributed by atoms with van der Waals surface area (Å²) in [5, 5.41) is 1.06. The fraction of sp³-hybridized carbons (Fsp3) is 0.562. The number of benzene rings is 2. The lowest BCUT2D eigenvalue weighted by molar-refractivity contribution is -0.115. The molecule has 0 radical (unpaired) electrons. The smallest absolute Gasteiger partial charge is 0.250 e. The zero-order chi connectivity index (χ0) is 30.8. The number of halogens is 2. The van der Waals surface area contributed by atoms with Crippen molar-refractivity contribution in [3.8, 4) is 5.75 Å². The van der Waals surface area contributed by atoms with Crippen molar-refractivity contribution in [2.45, 2.75) is 107 Å². The van der Waals surface area contributed by atoms with E-state index in [0.29, 0.717) is 12.3 Å². The van der Waals surface area contributed by atoms with E-state index in [1.165, 1.54) is 108 Å². The van der Waals surface area contributed by atoms with Crippen molar-refractivity contribution in [2.24, 2.45) is 0 Å². The average Bonchev–Trinajstić information content (AvgIpc) is 2.99. The first kappa shape index (κ1) is 36.1. The number of unbranched alkanes of at least 4 members (excludes halogenated alkanes) is 13. The molecule has 0 aliphatic rings. The first-order valence-electron chi connectivity index (χ1n) is 15.1. The van der Waals surface area contributed by atoms with Crippen LogP contribution in [0.25, 0.3) is 0 Å². The Hall–Kier alpha value is -2.13. The molecule has 0 aliphatic carbocycles. The second-order valence-corrected chi connectivity index (χ2v) is 13.2. The van der Waals surface area contributed by atoms with E-state index in [0.717, 1.165) is 19.3 Å². The largest absolute Gasteiger partial charge is 0.497 e. The van der Waals surface area contributed by atoms with Crippen LogP contribution in [-0.4, -0.2) is 39.1 Å². The summed E-state index contributed by atoms with van der Waals surface area (Å²) in [5.41, 5.74) is 0.287. The quantitative estimate of drug-likeness (QED) is 0.0581. The van der Waals surface area contributed by atoms with E-state index in [1.807, 2.05) is 0 Å². The van der Waals surface area contributed by atoms with Crippen molar-refractivity contribution in [3.63, 3.8) is 0 Å². The fourth-order valence-corrected chi connectivity index (χ4v) is 6.04. The molecule has 2 rings (SSSR count). The summed E-state index contributed by atoms with van der Waals surface area (Å²) in [7, 11) is -2.31. The molecule has 1 amide bonds. The molecule has 2 N–H and O–H groups in total. The van der Waals surface area contributed by atoms with Gasteiger partial charge in [-0.2, -0.15) is 0 Å². The van der Waals surface area contributed by atoms with Gasteiger partial charge in [-0.15, -0.1) is 11.6 Å². The highest BCUT2D eigenvalue weighted by atomic mass is 35.5. The Morgan fingerprint density at radius 2 is 1.33 bits per heavy atom. The Balaban J connectivity index is 1.72. The van der Waals surface area contributed by atoms with E-state index in [1.54, 1.807) is 12.1 Å². The van der Waals surface area contributed by atoms with Crippen molar-refractivity contribution in [1.82, 2.24) is 4.72 Å². The molecule has 2 aromatic carbocycles. The third kappa shape index (κ3) is 13.0. The van der Waals surface area contributed by atoms with E-state index in [9.17, 15) is 18.0 Å².